The number of carboxylic acids is 1. The third-order valence-corrected chi connectivity index (χ3v) is 6.60. The van der Waals surface area contributed by atoms with E-state index in [9.17, 15) is 14.7 Å². The minimum Gasteiger partial charge on any atom is -0.481 e. The Kier molecular flexibility index (Phi) is 6.41. The van der Waals surface area contributed by atoms with Crippen LogP contribution in [0.25, 0.3) is 33.1 Å². The average Bonchev–Trinajstić information content (AvgIpc) is 3.60. The minimum absolute atomic E-state index is 0.310. The molecule has 0 bridgehead atoms. The molecular formula is C32H24N2O6. The summed E-state index contributed by atoms with van der Waals surface area (Å²) in [5.41, 5.74) is 9.23. The van der Waals surface area contributed by atoms with E-state index in [2.05, 4.69) is 4.57 Å². The molecule has 2 heterocycles. The van der Waals surface area contributed by atoms with Crippen molar-refractivity contribution in [2.75, 3.05) is 6.61 Å². The summed E-state index contributed by atoms with van der Waals surface area (Å²) in [6, 6.07) is 29.9. The quantitative estimate of drug-likeness (QED) is 0.221. The van der Waals surface area contributed by atoms with Crippen molar-refractivity contribution in [3.63, 3.8) is 0 Å². The lowest BCUT2D eigenvalue weighted by molar-refractivity contribution is -0.139. The van der Waals surface area contributed by atoms with Gasteiger partial charge in [0.2, 0.25) is 5.91 Å². The van der Waals surface area contributed by atoms with Crippen molar-refractivity contribution in [2.24, 2.45) is 5.73 Å². The molecule has 0 aliphatic carbocycles. The maximum atomic E-state index is 12.5. The Morgan fingerprint density at radius 1 is 0.825 bits per heavy atom. The van der Waals surface area contributed by atoms with Crippen molar-refractivity contribution in [1.82, 2.24) is 4.57 Å². The first-order valence-electron chi connectivity index (χ1n) is 12.6. The number of furan rings is 1. The number of carbonyl (C=O) groups excluding carboxylic acids is 1. The Labute approximate surface area is 228 Å². The second-order valence-corrected chi connectivity index (χ2v) is 9.24. The molecule has 0 atom stereocenters. The van der Waals surface area contributed by atoms with Crippen LogP contribution in [0.5, 0.6) is 17.2 Å². The number of rotatable bonds is 9. The van der Waals surface area contributed by atoms with Crippen molar-refractivity contribution in [3.05, 3.63) is 114 Å². The molecule has 3 N–H and O–H groups in total. The molecule has 8 nitrogen and oxygen atoms in total. The number of carbonyl (C=O) groups is 2. The molecule has 40 heavy (non-hydrogen) atoms. The molecule has 0 saturated carbocycles. The first-order chi connectivity index (χ1) is 19.5. The van der Waals surface area contributed by atoms with Crippen molar-refractivity contribution >= 4 is 33.7 Å². The average molecular weight is 533 g/mol. The Hall–Kier alpha value is -5.50. The number of hydrogen-bond donors (Lipinski definition) is 2. The zero-order valence-electron chi connectivity index (χ0n) is 21.2. The van der Waals surface area contributed by atoms with E-state index in [-0.39, 0.29) is 0 Å². The summed E-state index contributed by atoms with van der Waals surface area (Å²) in [7, 11) is 0. The van der Waals surface area contributed by atoms with Gasteiger partial charge in [-0.2, -0.15) is 0 Å². The molecule has 0 aliphatic heterocycles. The zero-order chi connectivity index (χ0) is 27.6. The summed E-state index contributed by atoms with van der Waals surface area (Å²) >= 11 is 0. The highest BCUT2D eigenvalue weighted by Gasteiger charge is 2.22. The molecule has 2 aromatic heterocycles. The highest BCUT2D eigenvalue weighted by atomic mass is 16.5. The van der Waals surface area contributed by atoms with Gasteiger partial charge >= 0.3 is 5.97 Å². The standard InChI is InChI=1S/C32H24N2O6/c33-32(37)24-11-5-12-25-30(24)31-26(16-21(27-13-6-14-38-27)17-28(31)39-19-29(35)36)34(25)18-20-7-4-10-23(15-20)40-22-8-2-1-3-9-22/h1-17H,18-19H2,(H2,33,37)(H,35,36). The Morgan fingerprint density at radius 2 is 1.62 bits per heavy atom. The molecule has 8 heteroatoms. The molecule has 1 amide bonds. The molecule has 0 fully saturated rings. The first-order valence-corrected chi connectivity index (χ1v) is 12.6. The highest BCUT2D eigenvalue weighted by molar-refractivity contribution is 6.20. The van der Waals surface area contributed by atoms with E-state index in [0.717, 1.165) is 22.3 Å². The number of fused-ring (bicyclic) bond motifs is 3. The molecular weight excluding hydrogens is 508 g/mol. The van der Waals surface area contributed by atoms with E-state index in [4.69, 9.17) is 19.6 Å². The van der Waals surface area contributed by atoms with Crippen molar-refractivity contribution in [3.8, 4) is 28.6 Å². The van der Waals surface area contributed by atoms with Gasteiger partial charge in [0.05, 0.1) is 22.7 Å². The number of primary amides is 1. The van der Waals surface area contributed by atoms with Gasteiger partial charge in [-0.15, -0.1) is 0 Å². The molecule has 0 spiro atoms. The Bertz CT molecular complexity index is 1860. The van der Waals surface area contributed by atoms with Crippen LogP contribution in [-0.4, -0.2) is 28.2 Å². The van der Waals surface area contributed by atoms with E-state index >= 15 is 0 Å². The predicted molar refractivity (Wildman–Crippen MR) is 151 cm³/mol. The maximum absolute atomic E-state index is 12.5. The van der Waals surface area contributed by atoms with Crippen LogP contribution in [0.4, 0.5) is 0 Å². The molecule has 0 saturated heterocycles. The van der Waals surface area contributed by atoms with Crippen LogP contribution < -0.4 is 15.2 Å². The van der Waals surface area contributed by atoms with Gasteiger partial charge in [0, 0.05) is 23.1 Å². The largest absolute Gasteiger partial charge is 0.481 e. The lowest BCUT2D eigenvalue weighted by Gasteiger charge is -2.12. The smallest absolute Gasteiger partial charge is 0.341 e. The van der Waals surface area contributed by atoms with Gasteiger partial charge in [0.15, 0.2) is 6.61 Å². The lowest BCUT2D eigenvalue weighted by atomic mass is 10.0. The molecule has 0 unspecified atom stereocenters. The summed E-state index contributed by atoms with van der Waals surface area (Å²) < 4.78 is 19.5. The van der Waals surface area contributed by atoms with Crippen LogP contribution in [0.1, 0.15) is 15.9 Å². The van der Waals surface area contributed by atoms with Gasteiger partial charge in [0.1, 0.15) is 23.0 Å². The first kappa shape index (κ1) is 24.8. The minimum atomic E-state index is -1.12. The lowest BCUT2D eigenvalue weighted by Crippen LogP contribution is -2.11. The van der Waals surface area contributed by atoms with E-state index in [1.54, 1.807) is 30.5 Å². The van der Waals surface area contributed by atoms with Gasteiger partial charge in [-0.3, -0.25) is 4.79 Å². The second kappa shape index (κ2) is 10.3. The Morgan fingerprint density at radius 3 is 2.38 bits per heavy atom. The van der Waals surface area contributed by atoms with Crippen LogP contribution >= 0.6 is 0 Å². The van der Waals surface area contributed by atoms with E-state index in [1.165, 1.54) is 0 Å². The van der Waals surface area contributed by atoms with Crippen LogP contribution in [0.2, 0.25) is 0 Å². The number of hydrogen-bond acceptors (Lipinski definition) is 5. The number of carboxylic acid groups (broad SMARTS) is 1. The third-order valence-electron chi connectivity index (χ3n) is 6.60. The van der Waals surface area contributed by atoms with Crippen LogP contribution in [0, 0.1) is 0 Å². The number of para-hydroxylation sites is 1. The van der Waals surface area contributed by atoms with E-state index < -0.39 is 18.5 Å². The van der Waals surface area contributed by atoms with Crippen molar-refractivity contribution < 1.29 is 28.6 Å². The summed E-state index contributed by atoms with van der Waals surface area (Å²) in [4.78, 5) is 24.0. The third kappa shape index (κ3) is 4.74. The number of aliphatic carboxylic acids is 1. The molecule has 198 valence electrons. The van der Waals surface area contributed by atoms with Crippen molar-refractivity contribution in [2.45, 2.75) is 6.54 Å². The fourth-order valence-corrected chi connectivity index (χ4v) is 4.95. The van der Waals surface area contributed by atoms with Gasteiger partial charge in [0.25, 0.3) is 0 Å². The normalized spacial score (nSPS) is 11.1. The van der Waals surface area contributed by atoms with Gasteiger partial charge < -0.3 is 29.3 Å². The fraction of sp³-hybridized carbons (Fsp3) is 0.0625. The number of benzene rings is 4. The number of nitrogens with two attached hydrogens (primary N) is 1. The van der Waals surface area contributed by atoms with Crippen molar-refractivity contribution in [1.29, 1.82) is 0 Å². The van der Waals surface area contributed by atoms with Gasteiger partial charge in [-0.25, -0.2) is 4.79 Å². The molecule has 6 rings (SSSR count). The SMILES string of the molecule is NC(=O)c1cccc2c1c1c(OCC(=O)O)cc(-c3ccco3)cc1n2Cc1cccc(Oc2ccccc2)c1. The number of amides is 1. The van der Waals surface area contributed by atoms with Gasteiger partial charge in [-0.1, -0.05) is 36.4 Å². The number of aromatic nitrogens is 1. The molecule has 6 aromatic rings. The molecule has 0 aliphatic rings. The number of nitrogens with zero attached hydrogens (tertiary/aromatic N) is 1. The molecule has 0 radical (unpaired) electrons. The summed E-state index contributed by atoms with van der Waals surface area (Å²) in [5, 5.41) is 10.5. The predicted octanol–water partition coefficient (Wildman–Crippen LogP) is 6.46. The highest BCUT2D eigenvalue weighted by Crippen LogP contribution is 2.41. The summed E-state index contributed by atoms with van der Waals surface area (Å²) in [6.45, 7) is -0.130. The van der Waals surface area contributed by atoms with E-state index in [0.29, 0.717) is 45.7 Å². The zero-order valence-corrected chi connectivity index (χ0v) is 21.2. The summed E-state index contributed by atoms with van der Waals surface area (Å²) in [6.07, 6.45) is 1.57. The second-order valence-electron chi connectivity index (χ2n) is 9.24. The maximum Gasteiger partial charge on any atom is 0.341 e. The molecule has 4 aromatic carbocycles. The fourth-order valence-electron chi connectivity index (χ4n) is 4.95. The monoisotopic (exact) mass is 532 g/mol. The van der Waals surface area contributed by atoms with Crippen LogP contribution in [-0.2, 0) is 11.3 Å². The van der Waals surface area contributed by atoms with Gasteiger partial charge in [-0.05, 0) is 66.2 Å². The summed E-state index contributed by atoms with van der Waals surface area (Å²) in [5.74, 6) is 0.597. The van der Waals surface area contributed by atoms with Crippen LogP contribution in [0.15, 0.2) is 108 Å². The van der Waals surface area contributed by atoms with Crippen LogP contribution in [0.3, 0.4) is 0 Å². The Balaban J connectivity index is 1.56. The topological polar surface area (TPSA) is 117 Å². The number of ether oxygens (including phenoxy) is 2. The van der Waals surface area contributed by atoms with E-state index in [1.807, 2.05) is 72.8 Å².